The number of hydrogen-bond donors (Lipinski definition) is 2. The van der Waals surface area contributed by atoms with Crippen molar-refractivity contribution in [2.45, 2.75) is 25.2 Å². The molecule has 2 atom stereocenters. The van der Waals surface area contributed by atoms with Gasteiger partial charge in [-0.15, -0.1) is 0 Å². The van der Waals surface area contributed by atoms with Gasteiger partial charge in [0.2, 0.25) is 0 Å². The number of hydrogen-bond acceptors (Lipinski definition) is 6. The highest BCUT2D eigenvalue weighted by molar-refractivity contribution is 7.86. The monoisotopic (exact) mass is 393 g/mol. The molecule has 0 heterocycles. The van der Waals surface area contributed by atoms with Crippen LogP contribution in [-0.2, 0) is 32.1 Å². The third-order valence-electron chi connectivity index (χ3n) is 3.74. The highest BCUT2D eigenvalue weighted by Gasteiger charge is 2.28. The van der Waals surface area contributed by atoms with Crippen LogP contribution in [-0.4, -0.2) is 44.6 Å². The van der Waals surface area contributed by atoms with Crippen molar-refractivity contribution in [3.8, 4) is 0 Å². The zero-order valence-electron chi connectivity index (χ0n) is 14.9. The molecule has 8 heteroatoms. The van der Waals surface area contributed by atoms with Crippen molar-refractivity contribution in [1.82, 2.24) is 5.32 Å². The number of rotatable bonds is 9. The van der Waals surface area contributed by atoms with E-state index in [4.69, 9.17) is 8.92 Å². The highest BCUT2D eigenvalue weighted by Crippen LogP contribution is 2.11. The minimum atomic E-state index is -3.82. The fourth-order valence-corrected chi connectivity index (χ4v) is 3.15. The number of carbonyl (C=O) groups excluding carboxylic acids is 1. The van der Waals surface area contributed by atoms with Gasteiger partial charge in [0.25, 0.3) is 10.1 Å². The number of benzene rings is 2. The standard InChI is InChI=1S/C19H23NO6S/c1-27(23,24)26-18(13-21)17(12-15-8-4-2-5-9-15)20-19(22)25-14-16-10-6-3-7-11-16/h2-11,17-18,21H,12-14H2,1H3,(H,20,22)/t17-,18-/m0/s1. The molecule has 0 fully saturated rings. The number of aliphatic hydroxyl groups excluding tert-OH is 1. The van der Waals surface area contributed by atoms with Gasteiger partial charge >= 0.3 is 6.09 Å². The summed E-state index contributed by atoms with van der Waals surface area (Å²) in [5.74, 6) is 0. The maximum Gasteiger partial charge on any atom is 0.407 e. The second-order valence-electron chi connectivity index (χ2n) is 6.02. The fraction of sp³-hybridized carbons (Fsp3) is 0.316. The molecule has 27 heavy (non-hydrogen) atoms. The van der Waals surface area contributed by atoms with E-state index in [-0.39, 0.29) is 13.0 Å². The van der Waals surface area contributed by atoms with E-state index >= 15 is 0 Å². The third kappa shape index (κ3) is 7.78. The Morgan fingerprint density at radius 3 is 2.11 bits per heavy atom. The van der Waals surface area contributed by atoms with E-state index in [0.717, 1.165) is 17.4 Å². The molecule has 0 aliphatic rings. The Labute approximate surface area is 159 Å². The Bertz CT molecular complexity index is 811. The largest absolute Gasteiger partial charge is 0.445 e. The molecule has 0 unspecified atom stereocenters. The van der Waals surface area contributed by atoms with Gasteiger partial charge in [-0.3, -0.25) is 4.18 Å². The molecule has 0 aliphatic heterocycles. The second-order valence-corrected chi connectivity index (χ2v) is 7.62. The number of amides is 1. The molecule has 0 aliphatic carbocycles. The molecule has 0 bridgehead atoms. The normalized spacial score (nSPS) is 13.6. The number of ether oxygens (including phenoxy) is 1. The van der Waals surface area contributed by atoms with Crippen molar-refractivity contribution < 1.29 is 27.2 Å². The predicted octanol–water partition coefficient (Wildman–Crippen LogP) is 1.86. The molecule has 0 saturated heterocycles. The topological polar surface area (TPSA) is 102 Å². The first-order valence-electron chi connectivity index (χ1n) is 8.37. The van der Waals surface area contributed by atoms with Gasteiger partial charge in [0.05, 0.1) is 18.9 Å². The van der Waals surface area contributed by atoms with E-state index in [2.05, 4.69) is 5.32 Å². The number of alkyl carbamates (subject to hydrolysis) is 1. The summed E-state index contributed by atoms with van der Waals surface area (Å²) in [5, 5.41) is 12.2. The lowest BCUT2D eigenvalue weighted by Gasteiger charge is -2.25. The summed E-state index contributed by atoms with van der Waals surface area (Å²) < 4.78 is 33.1. The van der Waals surface area contributed by atoms with Crippen LogP contribution in [0.1, 0.15) is 11.1 Å². The van der Waals surface area contributed by atoms with Crippen molar-refractivity contribution in [2.75, 3.05) is 12.9 Å². The Hall–Kier alpha value is -2.42. The summed E-state index contributed by atoms with van der Waals surface area (Å²) >= 11 is 0. The maximum atomic E-state index is 12.2. The van der Waals surface area contributed by atoms with Crippen molar-refractivity contribution in [3.63, 3.8) is 0 Å². The summed E-state index contributed by atoms with van der Waals surface area (Å²) in [6, 6.07) is 17.5. The Morgan fingerprint density at radius 2 is 1.59 bits per heavy atom. The summed E-state index contributed by atoms with van der Waals surface area (Å²) in [4.78, 5) is 12.2. The van der Waals surface area contributed by atoms with Crippen molar-refractivity contribution in [1.29, 1.82) is 0 Å². The van der Waals surface area contributed by atoms with Gasteiger partial charge in [-0.25, -0.2) is 4.79 Å². The van der Waals surface area contributed by atoms with Gasteiger partial charge in [-0.05, 0) is 17.5 Å². The third-order valence-corrected chi connectivity index (χ3v) is 4.34. The second kappa shape index (κ2) is 10.1. The van der Waals surface area contributed by atoms with Crippen LogP contribution in [0.25, 0.3) is 0 Å². The SMILES string of the molecule is CS(=O)(=O)O[C@@H](CO)[C@H](Cc1ccccc1)NC(=O)OCc1ccccc1. The fourth-order valence-electron chi connectivity index (χ4n) is 2.51. The van der Waals surface area contributed by atoms with E-state index < -0.39 is 35.0 Å². The van der Waals surface area contributed by atoms with Crippen LogP contribution in [0.5, 0.6) is 0 Å². The minimum absolute atomic E-state index is 0.0709. The zero-order chi connectivity index (χ0) is 19.7. The molecule has 0 radical (unpaired) electrons. The smallest absolute Gasteiger partial charge is 0.407 e. The lowest BCUT2D eigenvalue weighted by molar-refractivity contribution is 0.0790. The van der Waals surface area contributed by atoms with Crippen LogP contribution < -0.4 is 5.32 Å². The molecule has 2 aromatic carbocycles. The number of nitrogens with one attached hydrogen (secondary N) is 1. The maximum absolute atomic E-state index is 12.2. The van der Waals surface area contributed by atoms with Crippen LogP contribution in [0.3, 0.4) is 0 Å². The minimum Gasteiger partial charge on any atom is -0.445 e. The average Bonchev–Trinajstić information content (AvgIpc) is 2.65. The van der Waals surface area contributed by atoms with Crippen molar-refractivity contribution >= 4 is 16.2 Å². The van der Waals surface area contributed by atoms with Gasteiger partial charge in [0.1, 0.15) is 12.7 Å². The summed E-state index contributed by atoms with van der Waals surface area (Å²) in [5.41, 5.74) is 1.67. The van der Waals surface area contributed by atoms with Gasteiger partial charge in [-0.1, -0.05) is 60.7 Å². The van der Waals surface area contributed by atoms with Crippen LogP contribution in [0.15, 0.2) is 60.7 Å². The van der Waals surface area contributed by atoms with E-state index in [0.29, 0.717) is 0 Å². The average molecular weight is 393 g/mol. The van der Waals surface area contributed by atoms with Gasteiger partial charge < -0.3 is 15.2 Å². The van der Waals surface area contributed by atoms with Gasteiger partial charge in [0.15, 0.2) is 0 Å². The molecular weight excluding hydrogens is 370 g/mol. The van der Waals surface area contributed by atoms with E-state index in [1.165, 1.54) is 0 Å². The predicted molar refractivity (Wildman–Crippen MR) is 100 cm³/mol. The molecule has 2 rings (SSSR count). The van der Waals surface area contributed by atoms with Crippen LogP contribution >= 0.6 is 0 Å². The summed E-state index contributed by atoms with van der Waals surface area (Å²) in [6.07, 6.45) is -0.704. The number of aliphatic hydroxyl groups is 1. The van der Waals surface area contributed by atoms with Crippen LogP contribution in [0.4, 0.5) is 4.79 Å². The molecule has 2 aromatic rings. The Morgan fingerprint density at radius 1 is 1.04 bits per heavy atom. The lowest BCUT2D eigenvalue weighted by atomic mass is 10.0. The molecule has 0 saturated carbocycles. The van der Waals surface area contributed by atoms with Gasteiger partial charge in [-0.2, -0.15) is 8.42 Å². The first kappa shape index (κ1) is 20.9. The molecule has 0 spiro atoms. The molecule has 2 N–H and O–H groups in total. The molecule has 146 valence electrons. The first-order chi connectivity index (χ1) is 12.9. The van der Waals surface area contributed by atoms with E-state index in [1.807, 2.05) is 60.7 Å². The quantitative estimate of drug-likeness (QED) is 0.631. The molecule has 7 nitrogen and oxygen atoms in total. The molecule has 1 amide bonds. The summed E-state index contributed by atoms with van der Waals surface area (Å²) in [7, 11) is -3.82. The van der Waals surface area contributed by atoms with Gasteiger partial charge in [0, 0.05) is 0 Å². The van der Waals surface area contributed by atoms with Crippen molar-refractivity contribution in [2.24, 2.45) is 0 Å². The molecule has 0 aromatic heterocycles. The lowest BCUT2D eigenvalue weighted by Crippen LogP contribution is -2.48. The van der Waals surface area contributed by atoms with Crippen LogP contribution in [0.2, 0.25) is 0 Å². The Kier molecular flexibility index (Phi) is 7.78. The highest BCUT2D eigenvalue weighted by atomic mass is 32.2. The zero-order valence-corrected chi connectivity index (χ0v) is 15.8. The number of carbonyl (C=O) groups is 1. The van der Waals surface area contributed by atoms with Crippen LogP contribution in [0, 0.1) is 0 Å². The van der Waals surface area contributed by atoms with Crippen molar-refractivity contribution in [3.05, 3.63) is 71.8 Å². The first-order valence-corrected chi connectivity index (χ1v) is 10.2. The summed E-state index contributed by atoms with van der Waals surface area (Å²) in [6.45, 7) is -0.509. The van der Waals surface area contributed by atoms with E-state index in [9.17, 15) is 18.3 Å². The van der Waals surface area contributed by atoms with E-state index in [1.54, 1.807) is 0 Å². The molecular formula is C19H23NO6S. The Balaban J connectivity index is 2.06.